The van der Waals surface area contributed by atoms with Crippen LogP contribution in [0.1, 0.15) is 56.6 Å². The number of amides is 2. The Morgan fingerprint density at radius 1 is 1.19 bits per heavy atom. The van der Waals surface area contributed by atoms with Crippen molar-refractivity contribution in [2.45, 2.75) is 70.5 Å². The molecule has 0 unspecified atom stereocenters. The molecule has 12 heteroatoms. The Bertz CT molecular complexity index is 1180. The number of anilines is 1. The van der Waals surface area contributed by atoms with E-state index in [-0.39, 0.29) is 62.3 Å². The fraction of sp³-hybridized carbons (Fsp3) is 0.640. The lowest BCUT2D eigenvalue weighted by Crippen LogP contribution is -2.51. The van der Waals surface area contributed by atoms with Gasteiger partial charge in [0.25, 0.3) is 5.91 Å². The van der Waals surface area contributed by atoms with E-state index in [2.05, 4.69) is 15.6 Å². The largest absolute Gasteiger partial charge is 0.391 e. The topological polar surface area (TPSA) is 108 Å². The lowest BCUT2D eigenvalue weighted by atomic mass is 9.81. The number of carbonyl (C=O) groups excluding carboxylic acids is 2. The van der Waals surface area contributed by atoms with Crippen LogP contribution in [0.25, 0.3) is 0 Å². The molecule has 37 heavy (non-hydrogen) atoms. The molecule has 3 aliphatic rings. The molecule has 2 heterocycles. The number of hydrogen-bond donors (Lipinski definition) is 2. The number of amidine groups is 1. The van der Waals surface area contributed by atoms with E-state index in [0.717, 1.165) is 11.1 Å². The molecule has 4 rings (SSSR count). The molecule has 2 N–H and O–H groups in total. The van der Waals surface area contributed by atoms with Gasteiger partial charge in [-0.3, -0.25) is 14.6 Å². The summed E-state index contributed by atoms with van der Waals surface area (Å²) in [6.07, 6.45) is -2.70. The summed E-state index contributed by atoms with van der Waals surface area (Å²) < 4.78 is 66.4. The number of halogens is 3. The highest BCUT2D eigenvalue weighted by atomic mass is 32.2. The van der Waals surface area contributed by atoms with Crippen LogP contribution < -0.4 is 10.6 Å². The number of hydrogen-bond acceptors (Lipinski definition) is 5. The van der Waals surface area contributed by atoms with Crippen molar-refractivity contribution in [2.75, 3.05) is 24.2 Å². The molecule has 1 aliphatic carbocycles. The normalized spacial score (nSPS) is 24.6. The van der Waals surface area contributed by atoms with Crippen LogP contribution in [-0.2, 0) is 26.0 Å². The molecule has 1 saturated carbocycles. The number of carbonyl (C=O) groups is 2. The maximum absolute atomic E-state index is 13.0. The molecular weight excluding hydrogens is 509 g/mol. The van der Waals surface area contributed by atoms with Crippen molar-refractivity contribution < 1.29 is 31.2 Å². The molecule has 1 spiro atoms. The second kappa shape index (κ2) is 10.4. The summed E-state index contributed by atoms with van der Waals surface area (Å²) >= 11 is 0. The van der Waals surface area contributed by atoms with Crippen LogP contribution in [0.4, 0.5) is 18.9 Å². The average molecular weight is 543 g/mol. The predicted molar refractivity (Wildman–Crippen MR) is 134 cm³/mol. The predicted octanol–water partition coefficient (Wildman–Crippen LogP) is 3.56. The van der Waals surface area contributed by atoms with E-state index in [1.165, 1.54) is 11.2 Å². The van der Waals surface area contributed by atoms with Gasteiger partial charge in [0.1, 0.15) is 11.4 Å². The van der Waals surface area contributed by atoms with Crippen LogP contribution in [0, 0.1) is 18.8 Å². The van der Waals surface area contributed by atoms with Crippen molar-refractivity contribution in [2.24, 2.45) is 16.8 Å². The van der Waals surface area contributed by atoms with E-state index in [0.29, 0.717) is 30.8 Å². The quantitative estimate of drug-likeness (QED) is 0.573. The standard InChI is InChI=1S/C25H33F3N4O4S/c1-16-15-21(29-17(2)33)8-5-18(16)9-14-37(35,36)32-12-10-24(11-13-32)23(34)30-22(31-24)19-3-6-20(7-4-19)25(26,27)28/h5,8,15,19-20H,3-4,6-7,9-14H2,1-2H3,(H,29,33)(H,30,31,34). The Hall–Kier alpha value is -2.47. The van der Waals surface area contributed by atoms with Crippen LogP contribution in [0.3, 0.4) is 0 Å². The number of nitrogens with zero attached hydrogens (tertiary/aromatic N) is 2. The van der Waals surface area contributed by atoms with Gasteiger partial charge in [-0.25, -0.2) is 12.7 Å². The number of aliphatic imine (C=N–C) groups is 1. The zero-order valence-corrected chi connectivity index (χ0v) is 21.8. The summed E-state index contributed by atoms with van der Waals surface area (Å²) in [5.41, 5.74) is 1.36. The molecule has 2 amide bonds. The molecule has 2 aliphatic heterocycles. The Morgan fingerprint density at radius 2 is 1.84 bits per heavy atom. The first kappa shape index (κ1) is 27.6. The van der Waals surface area contributed by atoms with Gasteiger partial charge < -0.3 is 10.6 Å². The number of nitrogens with one attached hydrogen (secondary N) is 2. The second-order valence-electron chi connectivity index (χ2n) is 10.4. The Balaban J connectivity index is 1.34. The summed E-state index contributed by atoms with van der Waals surface area (Å²) in [5.74, 6) is -1.60. The Labute approximate surface area is 215 Å². The van der Waals surface area contributed by atoms with Crippen molar-refractivity contribution >= 4 is 33.4 Å². The minimum Gasteiger partial charge on any atom is -0.326 e. The van der Waals surface area contributed by atoms with E-state index in [1.807, 2.05) is 13.0 Å². The lowest BCUT2D eigenvalue weighted by Gasteiger charge is -2.34. The van der Waals surface area contributed by atoms with E-state index in [1.54, 1.807) is 12.1 Å². The number of piperidine rings is 1. The number of sulfonamides is 1. The number of rotatable bonds is 6. The van der Waals surface area contributed by atoms with Gasteiger partial charge in [0.15, 0.2) is 0 Å². The zero-order chi connectivity index (χ0) is 27.0. The first-order chi connectivity index (χ1) is 17.3. The van der Waals surface area contributed by atoms with E-state index >= 15 is 0 Å². The van der Waals surface area contributed by atoms with Gasteiger partial charge in [-0.1, -0.05) is 6.07 Å². The van der Waals surface area contributed by atoms with Gasteiger partial charge >= 0.3 is 6.18 Å². The number of aryl methyl sites for hydroxylation is 2. The Morgan fingerprint density at radius 3 is 2.41 bits per heavy atom. The molecule has 0 atom stereocenters. The van der Waals surface area contributed by atoms with E-state index < -0.39 is 27.7 Å². The SMILES string of the molecule is CC(=O)Nc1ccc(CCS(=O)(=O)N2CCC3(CC2)N=C(C2CCC(C(F)(F)F)CC2)NC3=O)c(C)c1. The van der Waals surface area contributed by atoms with Crippen molar-refractivity contribution in [3.63, 3.8) is 0 Å². The highest BCUT2D eigenvalue weighted by Gasteiger charge is 2.49. The van der Waals surface area contributed by atoms with Crippen LogP contribution in [0.2, 0.25) is 0 Å². The van der Waals surface area contributed by atoms with Gasteiger partial charge in [-0.05, 0) is 75.1 Å². The molecule has 0 radical (unpaired) electrons. The third-order valence-electron chi connectivity index (χ3n) is 7.81. The first-order valence-corrected chi connectivity index (χ1v) is 14.2. The lowest BCUT2D eigenvalue weighted by molar-refractivity contribution is -0.182. The highest BCUT2D eigenvalue weighted by molar-refractivity contribution is 7.89. The van der Waals surface area contributed by atoms with Crippen molar-refractivity contribution in [1.82, 2.24) is 9.62 Å². The summed E-state index contributed by atoms with van der Waals surface area (Å²) in [7, 11) is -3.57. The van der Waals surface area contributed by atoms with Crippen molar-refractivity contribution in [3.05, 3.63) is 29.3 Å². The third-order valence-corrected chi connectivity index (χ3v) is 9.68. The highest BCUT2D eigenvalue weighted by Crippen LogP contribution is 2.41. The minimum absolute atomic E-state index is 0.0253. The number of benzene rings is 1. The summed E-state index contributed by atoms with van der Waals surface area (Å²) in [5, 5.41) is 5.50. The van der Waals surface area contributed by atoms with Gasteiger partial charge in [0.2, 0.25) is 15.9 Å². The zero-order valence-electron chi connectivity index (χ0n) is 21.0. The van der Waals surface area contributed by atoms with Crippen LogP contribution >= 0.6 is 0 Å². The first-order valence-electron chi connectivity index (χ1n) is 12.6. The van der Waals surface area contributed by atoms with Gasteiger partial charge in [0.05, 0.1) is 11.7 Å². The fourth-order valence-electron chi connectivity index (χ4n) is 5.53. The van der Waals surface area contributed by atoms with Gasteiger partial charge in [-0.2, -0.15) is 13.2 Å². The van der Waals surface area contributed by atoms with Crippen LogP contribution in [0.15, 0.2) is 23.2 Å². The van der Waals surface area contributed by atoms with Crippen molar-refractivity contribution in [1.29, 1.82) is 0 Å². The molecule has 8 nitrogen and oxygen atoms in total. The molecule has 1 aromatic rings. The molecular formula is C25H33F3N4O4S. The van der Waals surface area contributed by atoms with Gasteiger partial charge in [0, 0.05) is 31.6 Å². The third kappa shape index (κ3) is 6.17. The maximum Gasteiger partial charge on any atom is 0.391 e. The van der Waals surface area contributed by atoms with Crippen LogP contribution in [0.5, 0.6) is 0 Å². The maximum atomic E-state index is 13.0. The average Bonchev–Trinajstić information content (AvgIpc) is 3.13. The second-order valence-corrected chi connectivity index (χ2v) is 12.4. The monoisotopic (exact) mass is 542 g/mol. The van der Waals surface area contributed by atoms with E-state index in [4.69, 9.17) is 0 Å². The smallest absolute Gasteiger partial charge is 0.326 e. The molecule has 0 aromatic heterocycles. The number of alkyl halides is 3. The van der Waals surface area contributed by atoms with Crippen molar-refractivity contribution in [3.8, 4) is 0 Å². The summed E-state index contributed by atoms with van der Waals surface area (Å²) in [6, 6.07) is 5.35. The Kier molecular flexibility index (Phi) is 7.72. The molecule has 204 valence electrons. The van der Waals surface area contributed by atoms with Gasteiger partial charge in [-0.15, -0.1) is 0 Å². The molecule has 0 bridgehead atoms. The molecule has 2 fully saturated rings. The van der Waals surface area contributed by atoms with Crippen LogP contribution in [-0.4, -0.2) is 60.9 Å². The molecule has 1 saturated heterocycles. The summed E-state index contributed by atoms with van der Waals surface area (Å²) in [6.45, 7) is 3.60. The van der Waals surface area contributed by atoms with E-state index in [9.17, 15) is 31.2 Å². The molecule has 1 aromatic carbocycles. The minimum atomic E-state index is -4.19. The summed E-state index contributed by atoms with van der Waals surface area (Å²) in [4.78, 5) is 28.7. The fourth-order valence-corrected chi connectivity index (χ4v) is 7.00.